The van der Waals surface area contributed by atoms with E-state index in [2.05, 4.69) is 0 Å². The number of rotatable bonds is 4. The Morgan fingerprint density at radius 3 is 1.88 bits per heavy atom. The summed E-state index contributed by atoms with van der Waals surface area (Å²) in [6, 6.07) is 21.6. The van der Waals surface area contributed by atoms with E-state index in [1.807, 2.05) is 42.5 Å². The minimum Gasteiger partial charge on any atom is -0.207 e. The Morgan fingerprint density at radius 2 is 1.31 bits per heavy atom. The summed E-state index contributed by atoms with van der Waals surface area (Å²) in [6.45, 7) is 0. The smallest absolute Gasteiger partial charge is 0.207 e. The van der Waals surface area contributed by atoms with Gasteiger partial charge >= 0.3 is 6.18 Å². The van der Waals surface area contributed by atoms with Gasteiger partial charge in [-0.25, -0.2) is 4.39 Å². The fourth-order valence-electron chi connectivity index (χ4n) is 2.61. The molecule has 3 aromatic carbocycles. The van der Waals surface area contributed by atoms with Crippen LogP contribution in [0.25, 0.3) is 17.0 Å². The third-order valence-corrected chi connectivity index (χ3v) is 4.07. The molecule has 0 unspecified atom stereocenters. The molecule has 132 valence electrons. The summed E-state index contributed by atoms with van der Waals surface area (Å²) in [7, 11) is 0. The van der Waals surface area contributed by atoms with E-state index in [-0.39, 0.29) is 6.42 Å². The molecule has 0 aromatic heterocycles. The maximum atomic E-state index is 14.3. The second kappa shape index (κ2) is 7.56. The zero-order valence-electron chi connectivity index (χ0n) is 13.8. The van der Waals surface area contributed by atoms with Crippen LogP contribution >= 0.6 is 0 Å². The first-order valence-corrected chi connectivity index (χ1v) is 8.11. The molecule has 3 aromatic rings. The van der Waals surface area contributed by atoms with Crippen LogP contribution in [0.1, 0.15) is 16.7 Å². The quantitative estimate of drug-likeness (QED) is 0.445. The topological polar surface area (TPSA) is 0 Å². The van der Waals surface area contributed by atoms with Crippen molar-refractivity contribution < 1.29 is 17.6 Å². The fourth-order valence-corrected chi connectivity index (χ4v) is 2.61. The Morgan fingerprint density at radius 1 is 0.731 bits per heavy atom. The lowest BCUT2D eigenvalue weighted by molar-refractivity contribution is -0.137. The van der Waals surface area contributed by atoms with Gasteiger partial charge in [0.1, 0.15) is 5.83 Å². The van der Waals surface area contributed by atoms with Crippen LogP contribution in [-0.4, -0.2) is 0 Å². The maximum absolute atomic E-state index is 14.3. The molecule has 0 bridgehead atoms. The van der Waals surface area contributed by atoms with E-state index in [4.69, 9.17) is 0 Å². The van der Waals surface area contributed by atoms with Crippen LogP contribution in [0, 0.1) is 0 Å². The van der Waals surface area contributed by atoms with Crippen LogP contribution in [0.15, 0.2) is 84.9 Å². The zero-order valence-corrected chi connectivity index (χ0v) is 13.8. The van der Waals surface area contributed by atoms with Gasteiger partial charge in [0.2, 0.25) is 0 Å². The molecule has 26 heavy (non-hydrogen) atoms. The van der Waals surface area contributed by atoms with E-state index >= 15 is 0 Å². The van der Waals surface area contributed by atoms with Crippen LogP contribution in [-0.2, 0) is 12.6 Å². The summed E-state index contributed by atoms with van der Waals surface area (Å²) in [4.78, 5) is 0. The van der Waals surface area contributed by atoms with E-state index in [1.54, 1.807) is 12.1 Å². The predicted molar refractivity (Wildman–Crippen MR) is 96.1 cm³/mol. The third kappa shape index (κ3) is 4.39. The molecule has 0 spiro atoms. The molecule has 3 rings (SSSR count). The lowest BCUT2D eigenvalue weighted by Crippen LogP contribution is -2.04. The molecule has 0 saturated heterocycles. The van der Waals surface area contributed by atoms with Gasteiger partial charge in [0.25, 0.3) is 0 Å². The van der Waals surface area contributed by atoms with E-state index < -0.39 is 17.6 Å². The monoisotopic (exact) mass is 356 g/mol. The summed E-state index contributed by atoms with van der Waals surface area (Å²) in [6.07, 6.45) is -2.76. The van der Waals surface area contributed by atoms with Gasteiger partial charge < -0.3 is 0 Å². The number of hydrogen-bond acceptors (Lipinski definition) is 0. The lowest BCUT2D eigenvalue weighted by Gasteiger charge is -2.07. The van der Waals surface area contributed by atoms with Crippen molar-refractivity contribution in [3.63, 3.8) is 0 Å². The molecule has 0 N–H and O–H groups in total. The highest BCUT2D eigenvalue weighted by Gasteiger charge is 2.29. The molecule has 4 heteroatoms. The summed E-state index contributed by atoms with van der Waals surface area (Å²) in [5.74, 6) is -0.399. The van der Waals surface area contributed by atoms with E-state index in [1.165, 1.54) is 18.2 Å². The van der Waals surface area contributed by atoms with Gasteiger partial charge in [-0.1, -0.05) is 66.7 Å². The Kier molecular flexibility index (Phi) is 5.21. The van der Waals surface area contributed by atoms with Crippen molar-refractivity contribution in [1.82, 2.24) is 0 Å². The molecular weight excluding hydrogens is 340 g/mol. The second-order valence-electron chi connectivity index (χ2n) is 5.89. The number of halogens is 4. The molecule has 0 amide bonds. The normalized spacial score (nSPS) is 12.2. The van der Waals surface area contributed by atoms with Crippen molar-refractivity contribution in [2.75, 3.05) is 0 Å². The first kappa shape index (κ1) is 17.9. The van der Waals surface area contributed by atoms with Crippen LogP contribution < -0.4 is 0 Å². The van der Waals surface area contributed by atoms with Crippen molar-refractivity contribution in [3.05, 3.63) is 102 Å². The van der Waals surface area contributed by atoms with Crippen molar-refractivity contribution in [2.45, 2.75) is 12.6 Å². The van der Waals surface area contributed by atoms with Crippen molar-refractivity contribution in [1.29, 1.82) is 0 Å². The summed E-state index contributed by atoms with van der Waals surface area (Å²) >= 11 is 0. The Hall–Kier alpha value is -2.88. The zero-order chi connectivity index (χ0) is 18.6. The minimum atomic E-state index is -4.36. The Bertz CT molecular complexity index is 874. The fraction of sp³-hybridized carbons (Fsp3) is 0.0909. The Labute approximate surface area is 149 Å². The number of allylic oxidation sites excluding steroid dienone is 1. The van der Waals surface area contributed by atoms with Gasteiger partial charge in [-0.3, -0.25) is 0 Å². The van der Waals surface area contributed by atoms with Gasteiger partial charge in [-0.2, -0.15) is 13.2 Å². The number of hydrogen-bond donors (Lipinski definition) is 0. The van der Waals surface area contributed by atoms with Gasteiger partial charge in [0, 0.05) is 5.56 Å². The number of benzene rings is 3. The highest BCUT2D eigenvalue weighted by atomic mass is 19.4. The molecule has 0 aliphatic rings. The van der Waals surface area contributed by atoms with Gasteiger partial charge in [-0.15, -0.1) is 0 Å². The van der Waals surface area contributed by atoms with Crippen molar-refractivity contribution in [2.24, 2.45) is 0 Å². The average molecular weight is 356 g/mol. The first-order chi connectivity index (χ1) is 12.4. The lowest BCUT2D eigenvalue weighted by atomic mass is 10.0. The molecule has 0 fully saturated rings. The van der Waals surface area contributed by atoms with Crippen LogP contribution in [0.3, 0.4) is 0 Å². The molecular formula is C22H16F4. The van der Waals surface area contributed by atoms with Crippen molar-refractivity contribution >= 4 is 5.83 Å². The van der Waals surface area contributed by atoms with Gasteiger partial charge in [0.05, 0.1) is 5.56 Å². The second-order valence-corrected chi connectivity index (χ2v) is 5.89. The third-order valence-electron chi connectivity index (χ3n) is 4.07. The van der Waals surface area contributed by atoms with E-state index in [0.29, 0.717) is 11.1 Å². The maximum Gasteiger partial charge on any atom is 0.416 e. The van der Waals surface area contributed by atoms with Crippen molar-refractivity contribution in [3.8, 4) is 11.1 Å². The number of alkyl halides is 3. The Balaban J connectivity index is 1.70. The standard InChI is InChI=1S/C22H16F4/c23-21(15-8-16-6-13-20(14-7-16)22(24,25)26)19-11-9-18(10-12-19)17-4-2-1-3-5-17/h1-7,9-15H,8H2/b21-15-. The van der Waals surface area contributed by atoms with Crippen LogP contribution in [0.4, 0.5) is 17.6 Å². The molecule has 0 aliphatic heterocycles. The molecule has 0 nitrogen and oxygen atoms in total. The predicted octanol–water partition coefficient (Wildman–Crippen LogP) is 6.93. The molecule has 0 aliphatic carbocycles. The van der Waals surface area contributed by atoms with E-state index in [9.17, 15) is 17.6 Å². The minimum absolute atomic E-state index is 0.227. The first-order valence-electron chi connectivity index (χ1n) is 8.11. The summed E-state index contributed by atoms with van der Waals surface area (Å²) in [5.41, 5.74) is 2.39. The van der Waals surface area contributed by atoms with E-state index in [0.717, 1.165) is 23.3 Å². The summed E-state index contributed by atoms with van der Waals surface area (Å²) in [5, 5.41) is 0. The molecule has 0 saturated carbocycles. The SMILES string of the molecule is F/C(=C\Cc1ccc(C(F)(F)F)cc1)c1ccc(-c2ccccc2)cc1. The van der Waals surface area contributed by atoms with Gasteiger partial charge in [-0.05, 0) is 41.3 Å². The van der Waals surface area contributed by atoms with Gasteiger partial charge in [0.15, 0.2) is 0 Å². The summed E-state index contributed by atoms with van der Waals surface area (Å²) < 4.78 is 51.9. The van der Waals surface area contributed by atoms with Crippen LogP contribution in [0.5, 0.6) is 0 Å². The molecule has 0 atom stereocenters. The average Bonchev–Trinajstić information content (AvgIpc) is 2.66. The molecule has 0 heterocycles. The highest BCUT2D eigenvalue weighted by Crippen LogP contribution is 2.29. The largest absolute Gasteiger partial charge is 0.416 e. The van der Waals surface area contributed by atoms with Crippen LogP contribution in [0.2, 0.25) is 0 Å². The highest BCUT2D eigenvalue weighted by molar-refractivity contribution is 5.67. The molecule has 0 radical (unpaired) electrons.